The predicted octanol–water partition coefficient (Wildman–Crippen LogP) is 5.45. The molecule has 11 nitrogen and oxygen atoms in total. The minimum Gasteiger partial charge on any atom is -0.479 e. The highest BCUT2D eigenvalue weighted by atomic mass is 16.5. The number of imidazole rings is 1. The Balaban J connectivity index is 1.43. The zero-order chi connectivity index (χ0) is 32.3. The fraction of sp³-hybridized carbons (Fsp3) is 0.500. The van der Waals surface area contributed by atoms with E-state index in [9.17, 15) is 14.7 Å². The van der Waals surface area contributed by atoms with E-state index >= 15 is 0 Å². The van der Waals surface area contributed by atoms with Crippen molar-refractivity contribution < 1.29 is 14.6 Å². The van der Waals surface area contributed by atoms with E-state index in [1.807, 2.05) is 34.6 Å². The van der Waals surface area contributed by atoms with Crippen LogP contribution in [0.2, 0.25) is 0 Å². The van der Waals surface area contributed by atoms with Gasteiger partial charge in [0.05, 0.1) is 17.6 Å². The van der Waals surface area contributed by atoms with Gasteiger partial charge in [0.25, 0.3) is 5.56 Å². The van der Waals surface area contributed by atoms with E-state index < -0.39 is 17.7 Å². The smallest absolute Gasteiger partial charge is 0.337 e. The van der Waals surface area contributed by atoms with E-state index in [-0.39, 0.29) is 11.0 Å². The third-order valence-corrected chi connectivity index (χ3v) is 9.06. The number of carboxylic acids is 1. The number of hydrogen-bond donors (Lipinski definition) is 3. The van der Waals surface area contributed by atoms with Gasteiger partial charge < -0.3 is 24.6 Å². The summed E-state index contributed by atoms with van der Waals surface area (Å²) in [5.74, 6) is -0.514. The molecule has 5 heterocycles. The van der Waals surface area contributed by atoms with Crippen LogP contribution in [-0.2, 0) is 22.5 Å². The average Bonchev–Trinajstić information content (AvgIpc) is 3.44. The fourth-order valence-corrected chi connectivity index (χ4v) is 6.63. The quantitative estimate of drug-likeness (QED) is 0.259. The van der Waals surface area contributed by atoms with Gasteiger partial charge in [-0.25, -0.2) is 9.78 Å². The number of aliphatic carboxylic acids is 1. The molecular formula is C34H43N7O4. The Bertz CT molecular complexity index is 1820. The number of carbonyl (C=O) groups is 1. The van der Waals surface area contributed by atoms with Crippen molar-refractivity contribution in [3.63, 3.8) is 0 Å². The van der Waals surface area contributed by atoms with Gasteiger partial charge in [-0.3, -0.25) is 14.8 Å². The number of aromatic nitrogens is 5. The molecule has 0 amide bonds. The Morgan fingerprint density at radius 1 is 1.04 bits per heavy atom. The number of benzene rings is 1. The largest absolute Gasteiger partial charge is 0.479 e. The second-order valence-electron chi connectivity index (χ2n) is 14.2. The van der Waals surface area contributed by atoms with E-state index in [1.165, 1.54) is 11.9 Å². The van der Waals surface area contributed by atoms with Crippen LogP contribution < -0.4 is 15.4 Å². The van der Waals surface area contributed by atoms with Crippen molar-refractivity contribution in [1.82, 2.24) is 24.9 Å². The second kappa shape index (κ2) is 11.3. The molecule has 11 heteroatoms. The van der Waals surface area contributed by atoms with Gasteiger partial charge in [-0.1, -0.05) is 32.0 Å². The summed E-state index contributed by atoms with van der Waals surface area (Å²) >= 11 is 0. The molecule has 1 fully saturated rings. The number of carboxylic acid groups (broad SMARTS) is 1. The van der Waals surface area contributed by atoms with E-state index in [0.29, 0.717) is 41.5 Å². The maximum Gasteiger partial charge on any atom is 0.337 e. The number of hydrogen-bond acceptors (Lipinski definition) is 8. The van der Waals surface area contributed by atoms with Crippen molar-refractivity contribution in [2.24, 2.45) is 5.41 Å². The predicted molar refractivity (Wildman–Crippen MR) is 175 cm³/mol. The maximum absolute atomic E-state index is 12.8. The van der Waals surface area contributed by atoms with Crippen molar-refractivity contribution in [2.45, 2.75) is 86.0 Å². The van der Waals surface area contributed by atoms with Crippen LogP contribution in [0.1, 0.15) is 81.6 Å². The number of pyridine rings is 1. The van der Waals surface area contributed by atoms with Crippen LogP contribution in [0.3, 0.4) is 0 Å². The monoisotopic (exact) mass is 613 g/mol. The first-order valence-corrected chi connectivity index (χ1v) is 15.7. The standard InChI is InChI=1S/C34H43N7O4/c1-19-24(22-8-9-23-17-41(13-10-21(23)16-22)32-38-29-26(30(42)39-32)35-18-36-29)27(40-14-11-34(6,7)12-15-40)25(20(2)37-19)28(31(43)44)45-33(3,4)5/h8-9,16,18,28H,10-15,17H2,1-7H3,(H,43,44)(H2,35,36,38,39,42)/t28-/m0/s1. The van der Waals surface area contributed by atoms with Crippen LogP contribution >= 0.6 is 0 Å². The Morgan fingerprint density at radius 2 is 1.78 bits per heavy atom. The molecule has 1 aromatic carbocycles. The molecule has 2 aliphatic heterocycles. The minimum absolute atomic E-state index is 0.223. The highest BCUT2D eigenvalue weighted by Crippen LogP contribution is 2.45. The van der Waals surface area contributed by atoms with Crippen molar-refractivity contribution in [3.05, 3.63) is 63.0 Å². The molecule has 0 unspecified atom stereocenters. The average molecular weight is 614 g/mol. The first kappa shape index (κ1) is 30.8. The summed E-state index contributed by atoms with van der Waals surface area (Å²) in [5.41, 5.74) is 7.50. The molecule has 1 atom stereocenters. The number of anilines is 2. The van der Waals surface area contributed by atoms with Crippen LogP contribution in [0.4, 0.5) is 11.6 Å². The van der Waals surface area contributed by atoms with Gasteiger partial charge in [0.2, 0.25) is 5.95 Å². The zero-order valence-corrected chi connectivity index (χ0v) is 27.2. The number of aromatic amines is 2. The maximum atomic E-state index is 12.8. The van der Waals surface area contributed by atoms with Crippen molar-refractivity contribution in [2.75, 3.05) is 29.4 Å². The first-order valence-electron chi connectivity index (χ1n) is 15.7. The van der Waals surface area contributed by atoms with Crippen LogP contribution in [0, 0.1) is 19.3 Å². The van der Waals surface area contributed by atoms with E-state index in [4.69, 9.17) is 9.72 Å². The Hall–Kier alpha value is -4.25. The normalized spacial score (nSPS) is 17.4. The van der Waals surface area contributed by atoms with Crippen LogP contribution in [0.25, 0.3) is 22.3 Å². The van der Waals surface area contributed by atoms with Gasteiger partial charge in [0, 0.05) is 48.7 Å². The molecule has 1 saturated heterocycles. The molecule has 45 heavy (non-hydrogen) atoms. The van der Waals surface area contributed by atoms with Gasteiger partial charge in [-0.15, -0.1) is 0 Å². The van der Waals surface area contributed by atoms with Crippen LogP contribution in [0.5, 0.6) is 0 Å². The SMILES string of the molecule is Cc1nc(C)c([C@H](OC(C)(C)C)C(=O)O)c(N2CCC(C)(C)CC2)c1-c1ccc2c(c1)CCN(c1nc3nc[nH]c3c(=O)[nH]1)C2. The van der Waals surface area contributed by atoms with Gasteiger partial charge in [0.1, 0.15) is 0 Å². The minimum atomic E-state index is -1.16. The molecule has 0 bridgehead atoms. The molecular weight excluding hydrogens is 570 g/mol. The third-order valence-electron chi connectivity index (χ3n) is 9.06. The molecule has 3 aromatic heterocycles. The van der Waals surface area contributed by atoms with E-state index in [2.05, 4.69) is 61.8 Å². The van der Waals surface area contributed by atoms with Crippen molar-refractivity contribution in [1.29, 1.82) is 0 Å². The van der Waals surface area contributed by atoms with Crippen molar-refractivity contribution >= 4 is 28.8 Å². The van der Waals surface area contributed by atoms with E-state index in [1.54, 1.807) is 0 Å². The number of rotatable bonds is 6. The second-order valence-corrected chi connectivity index (χ2v) is 14.2. The third kappa shape index (κ3) is 6.05. The Morgan fingerprint density at radius 3 is 2.47 bits per heavy atom. The Kier molecular flexibility index (Phi) is 7.71. The topological polar surface area (TPSA) is 140 Å². The summed E-state index contributed by atoms with van der Waals surface area (Å²) in [4.78, 5) is 49.2. The Labute approximate surface area is 263 Å². The summed E-state index contributed by atoms with van der Waals surface area (Å²) in [6.45, 7) is 17.1. The van der Waals surface area contributed by atoms with Gasteiger partial charge >= 0.3 is 5.97 Å². The summed E-state index contributed by atoms with van der Waals surface area (Å²) < 4.78 is 6.23. The summed E-state index contributed by atoms with van der Waals surface area (Å²) in [6, 6.07) is 6.46. The summed E-state index contributed by atoms with van der Waals surface area (Å²) in [7, 11) is 0. The van der Waals surface area contributed by atoms with Crippen LogP contribution in [-0.4, -0.2) is 61.2 Å². The lowest BCUT2D eigenvalue weighted by Crippen LogP contribution is -2.39. The highest BCUT2D eigenvalue weighted by Gasteiger charge is 2.36. The van der Waals surface area contributed by atoms with E-state index in [0.717, 1.165) is 60.4 Å². The number of H-pyrrole nitrogens is 2. The van der Waals surface area contributed by atoms with Gasteiger partial charge in [0.15, 0.2) is 17.3 Å². The van der Waals surface area contributed by atoms with Crippen molar-refractivity contribution in [3.8, 4) is 11.1 Å². The molecule has 0 saturated carbocycles. The number of ether oxygens (including phenoxy) is 1. The zero-order valence-electron chi connectivity index (χ0n) is 27.2. The molecule has 0 radical (unpaired) electrons. The lowest BCUT2D eigenvalue weighted by Gasteiger charge is -2.41. The van der Waals surface area contributed by atoms with Gasteiger partial charge in [-0.05, 0) is 76.0 Å². The number of aryl methyl sites for hydroxylation is 2. The molecule has 3 N–H and O–H groups in total. The van der Waals surface area contributed by atoms with Gasteiger partial charge in [-0.2, -0.15) is 4.98 Å². The lowest BCUT2D eigenvalue weighted by molar-refractivity contribution is -0.160. The molecule has 238 valence electrons. The first-order chi connectivity index (χ1) is 21.2. The summed E-state index contributed by atoms with van der Waals surface area (Å²) in [5, 5.41) is 10.5. The lowest BCUT2D eigenvalue weighted by atomic mass is 9.81. The molecule has 6 rings (SSSR count). The summed E-state index contributed by atoms with van der Waals surface area (Å²) in [6.07, 6.45) is 3.09. The number of nitrogens with one attached hydrogen (secondary N) is 2. The molecule has 2 aliphatic rings. The van der Waals surface area contributed by atoms with Crippen LogP contribution in [0.15, 0.2) is 29.3 Å². The number of nitrogens with zero attached hydrogens (tertiary/aromatic N) is 5. The number of piperidine rings is 1. The number of fused-ring (bicyclic) bond motifs is 2. The fourth-order valence-electron chi connectivity index (χ4n) is 6.63. The molecule has 4 aromatic rings. The molecule has 0 aliphatic carbocycles. The molecule has 0 spiro atoms. The highest BCUT2D eigenvalue weighted by molar-refractivity contribution is 5.88.